The van der Waals surface area contributed by atoms with E-state index in [1.54, 1.807) is 20.8 Å². The van der Waals surface area contributed by atoms with Gasteiger partial charge in [-0.05, 0) is 27.7 Å². The highest BCUT2D eigenvalue weighted by Gasteiger charge is 2.41. The molecule has 0 saturated carbocycles. The molecule has 7 nitrogen and oxygen atoms in total. The van der Waals surface area contributed by atoms with E-state index in [9.17, 15) is 23.2 Å². The van der Waals surface area contributed by atoms with Crippen molar-refractivity contribution >= 4 is 18.0 Å². The molecule has 1 atom stereocenters. The van der Waals surface area contributed by atoms with Crippen LogP contribution in [0.4, 0.5) is 13.6 Å². The molecule has 0 heterocycles. The number of halogens is 2. The third-order valence-electron chi connectivity index (χ3n) is 5.53. The van der Waals surface area contributed by atoms with Gasteiger partial charge in [0.05, 0.1) is 6.54 Å². The van der Waals surface area contributed by atoms with Gasteiger partial charge in [0.15, 0.2) is 0 Å². The highest BCUT2D eigenvalue weighted by atomic mass is 19.3. The molecule has 0 unspecified atom stereocenters. The third kappa shape index (κ3) is 5.30. The lowest BCUT2D eigenvalue weighted by atomic mass is 9.86. The number of carboxylic acid groups (broad SMARTS) is 1. The molecule has 3 N–H and O–H groups in total. The summed E-state index contributed by atoms with van der Waals surface area (Å²) < 4.78 is 32.1. The van der Waals surface area contributed by atoms with Gasteiger partial charge in [-0.1, -0.05) is 69.3 Å². The predicted molar refractivity (Wildman–Crippen MR) is 117 cm³/mol. The number of fused-ring (bicyclic) bond motifs is 3. The van der Waals surface area contributed by atoms with Gasteiger partial charge >= 0.3 is 18.0 Å². The maximum Gasteiger partial charge on any atom is 0.407 e. The Balaban J connectivity index is 1.67. The molecule has 1 aliphatic rings. The van der Waals surface area contributed by atoms with Gasteiger partial charge in [0.2, 0.25) is 5.91 Å². The van der Waals surface area contributed by atoms with Crippen molar-refractivity contribution in [1.82, 2.24) is 10.6 Å². The topological polar surface area (TPSA) is 105 Å². The minimum absolute atomic E-state index is 0.0232. The molecular formula is C24H26F2N2O5. The number of alkyl carbamates (subject to hydrolysis) is 1. The summed E-state index contributed by atoms with van der Waals surface area (Å²) in [5, 5.41) is 12.8. The number of alkyl halides is 2. The summed E-state index contributed by atoms with van der Waals surface area (Å²) in [7, 11) is 0. The molecule has 2 aromatic carbocycles. The minimum Gasteiger partial charge on any atom is -0.477 e. The van der Waals surface area contributed by atoms with Crippen molar-refractivity contribution in [3.63, 3.8) is 0 Å². The molecule has 176 valence electrons. The van der Waals surface area contributed by atoms with E-state index in [4.69, 9.17) is 9.84 Å². The second-order valence-corrected chi connectivity index (χ2v) is 9.00. The van der Waals surface area contributed by atoms with Crippen molar-refractivity contribution in [3.8, 4) is 11.1 Å². The van der Waals surface area contributed by atoms with Gasteiger partial charge in [0.25, 0.3) is 0 Å². The quantitative estimate of drug-likeness (QED) is 0.583. The monoisotopic (exact) mass is 460 g/mol. The van der Waals surface area contributed by atoms with E-state index in [2.05, 4.69) is 5.32 Å². The number of benzene rings is 2. The molecule has 0 spiro atoms. The van der Waals surface area contributed by atoms with Crippen LogP contribution in [-0.4, -0.2) is 48.2 Å². The molecule has 33 heavy (non-hydrogen) atoms. The Bertz CT molecular complexity index is 1020. The van der Waals surface area contributed by atoms with Crippen LogP contribution in [0.5, 0.6) is 0 Å². The summed E-state index contributed by atoms with van der Waals surface area (Å²) in [6, 6.07) is 14.4. The van der Waals surface area contributed by atoms with Crippen molar-refractivity contribution < 1.29 is 33.0 Å². The summed E-state index contributed by atoms with van der Waals surface area (Å²) >= 11 is 0. The van der Waals surface area contributed by atoms with Crippen molar-refractivity contribution in [3.05, 3.63) is 59.7 Å². The van der Waals surface area contributed by atoms with E-state index in [1.807, 2.05) is 53.8 Å². The summed E-state index contributed by atoms with van der Waals surface area (Å²) in [4.78, 5) is 35.6. The summed E-state index contributed by atoms with van der Waals surface area (Å²) in [6.45, 7) is 3.54. The molecule has 2 aromatic rings. The van der Waals surface area contributed by atoms with Crippen molar-refractivity contribution in [2.24, 2.45) is 5.41 Å². The lowest BCUT2D eigenvalue weighted by Crippen LogP contribution is -2.55. The van der Waals surface area contributed by atoms with Crippen LogP contribution in [-0.2, 0) is 14.3 Å². The van der Waals surface area contributed by atoms with E-state index in [0.717, 1.165) is 22.3 Å². The van der Waals surface area contributed by atoms with Crippen molar-refractivity contribution in [2.45, 2.75) is 38.7 Å². The van der Waals surface area contributed by atoms with Crippen LogP contribution in [0.25, 0.3) is 11.1 Å². The van der Waals surface area contributed by atoms with Gasteiger partial charge in [0, 0.05) is 5.92 Å². The fourth-order valence-corrected chi connectivity index (χ4v) is 3.81. The number of rotatable bonds is 7. The SMILES string of the molecule is CC(C)(C)[C@H](NC(=O)OCC1c2ccccc2-c2ccccc21)C(=O)NCC(F)(F)C(=O)O. The Morgan fingerprint density at radius 2 is 1.52 bits per heavy atom. The number of hydrogen-bond acceptors (Lipinski definition) is 4. The maximum absolute atomic E-state index is 13.3. The van der Waals surface area contributed by atoms with Crippen LogP contribution in [0.2, 0.25) is 0 Å². The van der Waals surface area contributed by atoms with Gasteiger partial charge in [-0.2, -0.15) is 8.78 Å². The number of carbonyl (C=O) groups excluding carboxylic acids is 2. The van der Waals surface area contributed by atoms with Gasteiger partial charge < -0.3 is 20.5 Å². The molecule has 2 amide bonds. The Morgan fingerprint density at radius 1 is 1.00 bits per heavy atom. The Labute approximate surface area is 190 Å². The standard InChI is InChI=1S/C24H26F2N2O5/c1-23(2,3)19(20(29)27-13-24(25,26)21(30)31)28-22(32)33-12-18-16-10-6-4-8-14(16)15-9-5-7-11-17(15)18/h4-11,18-19H,12-13H2,1-3H3,(H,27,29)(H,28,32)(H,30,31)/t19-/m1/s1. The normalized spacial score (nSPS) is 14.1. The molecule has 0 aliphatic heterocycles. The molecule has 3 rings (SSSR count). The van der Waals surface area contributed by atoms with E-state index >= 15 is 0 Å². The molecular weight excluding hydrogens is 434 g/mol. The van der Waals surface area contributed by atoms with Crippen molar-refractivity contribution in [2.75, 3.05) is 13.2 Å². The number of nitrogens with one attached hydrogen (secondary N) is 2. The van der Waals surface area contributed by atoms with Gasteiger partial charge in [0.1, 0.15) is 12.6 Å². The second-order valence-electron chi connectivity index (χ2n) is 9.00. The maximum atomic E-state index is 13.3. The fourth-order valence-electron chi connectivity index (χ4n) is 3.81. The number of aliphatic carboxylic acids is 1. The number of amides is 2. The first-order chi connectivity index (χ1) is 15.4. The van der Waals surface area contributed by atoms with Crippen LogP contribution in [0.1, 0.15) is 37.8 Å². The summed E-state index contributed by atoms with van der Waals surface area (Å²) in [5.74, 6) is -7.59. The van der Waals surface area contributed by atoms with E-state index in [-0.39, 0.29) is 12.5 Å². The molecule has 0 saturated heterocycles. The molecule has 9 heteroatoms. The third-order valence-corrected chi connectivity index (χ3v) is 5.53. The fraction of sp³-hybridized carbons (Fsp3) is 0.375. The van der Waals surface area contributed by atoms with Crippen LogP contribution in [0.15, 0.2) is 48.5 Å². The van der Waals surface area contributed by atoms with Gasteiger partial charge in [-0.3, -0.25) is 4.79 Å². The largest absolute Gasteiger partial charge is 0.477 e. The zero-order chi connectivity index (χ0) is 24.4. The van der Waals surface area contributed by atoms with Crippen LogP contribution >= 0.6 is 0 Å². The summed E-state index contributed by atoms with van der Waals surface area (Å²) in [5.41, 5.74) is 3.32. The molecule has 0 bridgehead atoms. The molecule has 0 aromatic heterocycles. The lowest BCUT2D eigenvalue weighted by molar-refractivity contribution is -0.164. The molecule has 0 fully saturated rings. The molecule has 1 aliphatic carbocycles. The van der Waals surface area contributed by atoms with Crippen molar-refractivity contribution in [1.29, 1.82) is 0 Å². The minimum atomic E-state index is -4.12. The highest BCUT2D eigenvalue weighted by Crippen LogP contribution is 2.44. The lowest BCUT2D eigenvalue weighted by Gasteiger charge is -2.30. The Hall–Kier alpha value is -3.49. The Morgan fingerprint density at radius 3 is 2.00 bits per heavy atom. The first kappa shape index (κ1) is 24.2. The van der Waals surface area contributed by atoms with Gasteiger partial charge in [-0.15, -0.1) is 0 Å². The number of carbonyl (C=O) groups is 3. The number of ether oxygens (including phenoxy) is 1. The average Bonchev–Trinajstić information content (AvgIpc) is 3.07. The van der Waals surface area contributed by atoms with Gasteiger partial charge in [-0.25, -0.2) is 9.59 Å². The van der Waals surface area contributed by atoms with Crippen LogP contribution < -0.4 is 10.6 Å². The van der Waals surface area contributed by atoms with Crippen LogP contribution in [0, 0.1) is 5.41 Å². The highest BCUT2D eigenvalue weighted by molar-refractivity contribution is 5.87. The van der Waals surface area contributed by atoms with E-state index in [1.165, 1.54) is 0 Å². The number of carboxylic acids is 1. The first-order valence-corrected chi connectivity index (χ1v) is 10.4. The zero-order valence-corrected chi connectivity index (χ0v) is 18.5. The van der Waals surface area contributed by atoms with Crippen LogP contribution in [0.3, 0.4) is 0 Å². The predicted octanol–water partition coefficient (Wildman–Crippen LogP) is 3.78. The second kappa shape index (κ2) is 9.17. The van der Waals surface area contributed by atoms with E-state index < -0.39 is 41.9 Å². The van der Waals surface area contributed by atoms with E-state index in [0.29, 0.717) is 0 Å². The average molecular weight is 460 g/mol. The smallest absolute Gasteiger partial charge is 0.407 e. The zero-order valence-electron chi connectivity index (χ0n) is 18.5. The molecule has 0 radical (unpaired) electrons. The Kier molecular flexibility index (Phi) is 6.71. The summed E-state index contributed by atoms with van der Waals surface area (Å²) in [6.07, 6.45) is -0.878. The number of hydrogen-bond donors (Lipinski definition) is 3. The first-order valence-electron chi connectivity index (χ1n) is 10.4.